The first-order valence-corrected chi connectivity index (χ1v) is 5.15. The fraction of sp³-hybridized carbons (Fsp3) is 0.250. The molecule has 0 radical (unpaired) electrons. The first-order valence-electron chi connectivity index (χ1n) is 5.15. The quantitative estimate of drug-likeness (QED) is 0.709. The number of hydrogen-bond donors (Lipinski definition) is 1. The fourth-order valence-corrected chi connectivity index (χ4v) is 2.08. The normalized spacial score (nSPS) is 15.9. The van der Waals surface area contributed by atoms with Gasteiger partial charge in [-0.2, -0.15) is 0 Å². The molecule has 0 saturated heterocycles. The lowest BCUT2D eigenvalue weighted by atomic mass is 10.1. The molecule has 1 aliphatic heterocycles. The molecule has 0 bridgehead atoms. The summed E-state index contributed by atoms with van der Waals surface area (Å²) < 4.78 is 5.57. The third-order valence-electron chi connectivity index (χ3n) is 2.79. The lowest BCUT2D eigenvalue weighted by molar-refractivity contribution is 0.0931. The summed E-state index contributed by atoms with van der Waals surface area (Å²) in [7, 11) is 0. The predicted octanol–water partition coefficient (Wildman–Crippen LogP) is 2.11. The van der Waals surface area contributed by atoms with Crippen LogP contribution in [0, 0.1) is 0 Å². The van der Waals surface area contributed by atoms with E-state index in [-0.39, 0.29) is 5.91 Å². The van der Waals surface area contributed by atoms with Gasteiger partial charge in [0.15, 0.2) is 5.76 Å². The van der Waals surface area contributed by atoms with Crippen LogP contribution >= 0.6 is 0 Å². The molecule has 3 heteroatoms. The summed E-state index contributed by atoms with van der Waals surface area (Å²) in [5.41, 5.74) is 1.86. The number of benzene rings is 1. The van der Waals surface area contributed by atoms with Gasteiger partial charge in [0.1, 0.15) is 5.58 Å². The SMILES string of the molecule is O=C1NCCCc2c1oc1ccccc21. The number of para-hydroxylation sites is 1. The van der Waals surface area contributed by atoms with E-state index < -0.39 is 0 Å². The summed E-state index contributed by atoms with van der Waals surface area (Å²) in [6.07, 6.45) is 1.88. The second-order valence-electron chi connectivity index (χ2n) is 3.77. The Labute approximate surface area is 87.1 Å². The number of aryl methyl sites for hydroxylation is 1. The maximum absolute atomic E-state index is 11.7. The molecule has 1 aromatic carbocycles. The minimum Gasteiger partial charge on any atom is -0.451 e. The third kappa shape index (κ3) is 1.23. The van der Waals surface area contributed by atoms with Gasteiger partial charge < -0.3 is 9.73 Å². The highest BCUT2D eigenvalue weighted by Gasteiger charge is 2.21. The van der Waals surface area contributed by atoms with Gasteiger partial charge in [-0.3, -0.25) is 4.79 Å². The third-order valence-corrected chi connectivity index (χ3v) is 2.79. The van der Waals surface area contributed by atoms with Crippen LogP contribution in [0.1, 0.15) is 22.5 Å². The molecule has 1 aromatic heterocycles. The maximum Gasteiger partial charge on any atom is 0.287 e. The van der Waals surface area contributed by atoms with Crippen LogP contribution in [0.5, 0.6) is 0 Å². The average Bonchev–Trinajstić information content (AvgIpc) is 2.54. The van der Waals surface area contributed by atoms with E-state index >= 15 is 0 Å². The van der Waals surface area contributed by atoms with Crippen LogP contribution < -0.4 is 5.32 Å². The van der Waals surface area contributed by atoms with Gasteiger partial charge in [-0.1, -0.05) is 18.2 Å². The molecule has 3 nitrogen and oxygen atoms in total. The first kappa shape index (κ1) is 8.53. The Morgan fingerprint density at radius 1 is 1.27 bits per heavy atom. The van der Waals surface area contributed by atoms with Crippen LogP contribution in [-0.2, 0) is 6.42 Å². The molecule has 2 heterocycles. The van der Waals surface area contributed by atoms with E-state index in [1.807, 2.05) is 24.3 Å². The molecule has 0 unspecified atom stereocenters. The van der Waals surface area contributed by atoms with Crippen molar-refractivity contribution in [1.82, 2.24) is 5.32 Å². The summed E-state index contributed by atoms with van der Waals surface area (Å²) >= 11 is 0. The van der Waals surface area contributed by atoms with E-state index in [0.717, 1.165) is 35.9 Å². The van der Waals surface area contributed by atoms with Crippen molar-refractivity contribution in [2.45, 2.75) is 12.8 Å². The van der Waals surface area contributed by atoms with Gasteiger partial charge in [0.25, 0.3) is 5.91 Å². The van der Waals surface area contributed by atoms with E-state index in [4.69, 9.17) is 4.42 Å². The number of carbonyl (C=O) groups excluding carboxylic acids is 1. The number of carbonyl (C=O) groups is 1. The number of rotatable bonds is 0. The summed E-state index contributed by atoms with van der Waals surface area (Å²) in [6, 6.07) is 7.80. The van der Waals surface area contributed by atoms with E-state index in [2.05, 4.69) is 5.32 Å². The zero-order valence-corrected chi connectivity index (χ0v) is 8.25. The van der Waals surface area contributed by atoms with Gasteiger partial charge in [-0.05, 0) is 18.9 Å². The molecule has 76 valence electrons. The van der Waals surface area contributed by atoms with Gasteiger partial charge in [0, 0.05) is 17.5 Å². The molecule has 15 heavy (non-hydrogen) atoms. The molecule has 0 aliphatic carbocycles. The van der Waals surface area contributed by atoms with E-state index in [0.29, 0.717) is 5.76 Å². The highest BCUT2D eigenvalue weighted by Crippen LogP contribution is 2.27. The van der Waals surface area contributed by atoms with Crippen molar-refractivity contribution in [2.24, 2.45) is 0 Å². The molecule has 0 saturated carbocycles. The molecule has 3 rings (SSSR count). The number of hydrogen-bond acceptors (Lipinski definition) is 2. The zero-order valence-electron chi connectivity index (χ0n) is 8.25. The van der Waals surface area contributed by atoms with Gasteiger partial charge >= 0.3 is 0 Å². The number of amides is 1. The van der Waals surface area contributed by atoms with Crippen molar-refractivity contribution in [1.29, 1.82) is 0 Å². The molecular formula is C12H11NO2. The molecule has 1 N–H and O–H groups in total. The van der Waals surface area contributed by atoms with Gasteiger partial charge in [0.05, 0.1) is 0 Å². The van der Waals surface area contributed by atoms with Crippen LogP contribution in [0.3, 0.4) is 0 Å². The van der Waals surface area contributed by atoms with Crippen LogP contribution in [-0.4, -0.2) is 12.5 Å². The Kier molecular flexibility index (Phi) is 1.78. The molecular weight excluding hydrogens is 190 g/mol. The smallest absolute Gasteiger partial charge is 0.287 e. The topological polar surface area (TPSA) is 42.2 Å². The molecule has 1 amide bonds. The van der Waals surface area contributed by atoms with E-state index in [1.54, 1.807) is 0 Å². The second kappa shape index (κ2) is 3.12. The van der Waals surface area contributed by atoms with Gasteiger partial charge in [-0.15, -0.1) is 0 Å². The zero-order chi connectivity index (χ0) is 10.3. The van der Waals surface area contributed by atoms with Crippen LogP contribution in [0.2, 0.25) is 0 Å². The van der Waals surface area contributed by atoms with Gasteiger partial charge in [-0.25, -0.2) is 0 Å². The monoisotopic (exact) mass is 201 g/mol. The van der Waals surface area contributed by atoms with Crippen molar-refractivity contribution in [3.8, 4) is 0 Å². The standard InChI is InChI=1S/C12H11NO2/c14-12-11-9(5-3-7-13-12)8-4-1-2-6-10(8)15-11/h1-2,4,6H,3,5,7H2,(H,13,14). The lowest BCUT2D eigenvalue weighted by Gasteiger charge is -1.95. The number of fused-ring (bicyclic) bond motifs is 3. The molecule has 0 fully saturated rings. The highest BCUT2D eigenvalue weighted by molar-refractivity contribution is 5.99. The first-order chi connectivity index (χ1) is 7.36. The fourth-order valence-electron chi connectivity index (χ4n) is 2.08. The number of furan rings is 1. The molecule has 0 spiro atoms. The Hall–Kier alpha value is -1.77. The van der Waals surface area contributed by atoms with Crippen molar-refractivity contribution in [3.05, 3.63) is 35.6 Å². The Bertz CT molecular complexity index is 527. The van der Waals surface area contributed by atoms with Crippen LogP contribution in [0.25, 0.3) is 11.0 Å². The van der Waals surface area contributed by atoms with Crippen molar-refractivity contribution in [3.63, 3.8) is 0 Å². The summed E-state index contributed by atoms with van der Waals surface area (Å²) in [4.78, 5) is 11.7. The Balaban J connectivity index is 2.30. The second-order valence-corrected chi connectivity index (χ2v) is 3.77. The highest BCUT2D eigenvalue weighted by atomic mass is 16.3. The maximum atomic E-state index is 11.7. The van der Waals surface area contributed by atoms with Crippen LogP contribution in [0.4, 0.5) is 0 Å². The van der Waals surface area contributed by atoms with Crippen molar-refractivity contribution in [2.75, 3.05) is 6.54 Å². The predicted molar refractivity (Wildman–Crippen MR) is 56.9 cm³/mol. The molecule has 0 atom stereocenters. The summed E-state index contributed by atoms with van der Waals surface area (Å²) in [5.74, 6) is 0.410. The minimum absolute atomic E-state index is 0.0845. The summed E-state index contributed by atoms with van der Waals surface area (Å²) in [5, 5.41) is 3.90. The summed E-state index contributed by atoms with van der Waals surface area (Å²) in [6.45, 7) is 0.733. The Morgan fingerprint density at radius 2 is 2.13 bits per heavy atom. The van der Waals surface area contributed by atoms with E-state index in [9.17, 15) is 4.79 Å². The average molecular weight is 201 g/mol. The van der Waals surface area contributed by atoms with Crippen molar-refractivity contribution < 1.29 is 9.21 Å². The molecule has 2 aromatic rings. The number of nitrogens with one attached hydrogen (secondary N) is 1. The van der Waals surface area contributed by atoms with Gasteiger partial charge in [0.2, 0.25) is 0 Å². The lowest BCUT2D eigenvalue weighted by Crippen LogP contribution is -2.22. The largest absolute Gasteiger partial charge is 0.451 e. The Morgan fingerprint density at radius 3 is 3.07 bits per heavy atom. The van der Waals surface area contributed by atoms with E-state index in [1.165, 1.54) is 0 Å². The van der Waals surface area contributed by atoms with Crippen LogP contribution in [0.15, 0.2) is 28.7 Å². The van der Waals surface area contributed by atoms with Crippen molar-refractivity contribution >= 4 is 16.9 Å². The minimum atomic E-state index is -0.0845. The molecule has 1 aliphatic rings.